The van der Waals surface area contributed by atoms with Crippen LogP contribution in [0.15, 0.2) is 18.5 Å². The molecule has 0 atom stereocenters. The Bertz CT molecular complexity index is 572. The van der Waals surface area contributed by atoms with Gasteiger partial charge in [-0.05, 0) is 26.8 Å². The summed E-state index contributed by atoms with van der Waals surface area (Å²) in [5.74, 6) is 0.646. The first-order valence-corrected chi connectivity index (χ1v) is 6.71. The summed E-state index contributed by atoms with van der Waals surface area (Å²) in [7, 11) is 0. The van der Waals surface area contributed by atoms with Crippen molar-refractivity contribution in [1.82, 2.24) is 20.3 Å². The van der Waals surface area contributed by atoms with Crippen molar-refractivity contribution in [3.8, 4) is 11.5 Å². The van der Waals surface area contributed by atoms with Crippen molar-refractivity contribution in [3.63, 3.8) is 0 Å². The van der Waals surface area contributed by atoms with E-state index in [1.165, 1.54) is 0 Å². The second-order valence-electron chi connectivity index (χ2n) is 5.34. The fourth-order valence-electron chi connectivity index (χ4n) is 1.52. The minimum absolute atomic E-state index is 0.0570. The van der Waals surface area contributed by atoms with E-state index in [1.807, 2.05) is 0 Å². The molecular formula is C13H16Cl2N4. The first-order chi connectivity index (χ1) is 8.85. The Morgan fingerprint density at radius 3 is 2.58 bits per heavy atom. The molecule has 0 aromatic carbocycles. The predicted molar refractivity (Wildman–Crippen MR) is 78.4 cm³/mol. The van der Waals surface area contributed by atoms with E-state index in [4.69, 9.17) is 23.2 Å². The monoisotopic (exact) mass is 298 g/mol. The van der Waals surface area contributed by atoms with Gasteiger partial charge in [-0.15, -0.1) is 0 Å². The summed E-state index contributed by atoms with van der Waals surface area (Å²) in [6.07, 6.45) is 3.33. The number of nitrogens with zero attached hydrogens (tertiary/aromatic N) is 2. The Morgan fingerprint density at radius 1 is 1.21 bits per heavy atom. The number of aromatic nitrogens is 3. The lowest BCUT2D eigenvalue weighted by Gasteiger charge is -2.19. The van der Waals surface area contributed by atoms with Crippen molar-refractivity contribution >= 4 is 23.2 Å². The normalized spacial score (nSPS) is 11.8. The van der Waals surface area contributed by atoms with Crippen LogP contribution in [0.4, 0.5) is 0 Å². The fraction of sp³-hybridized carbons (Fsp3) is 0.385. The van der Waals surface area contributed by atoms with Gasteiger partial charge in [-0.2, -0.15) is 0 Å². The van der Waals surface area contributed by atoms with Crippen LogP contribution >= 0.6 is 23.2 Å². The maximum atomic E-state index is 6.10. The Hall–Kier alpha value is -1.10. The largest absolute Gasteiger partial charge is 0.339 e. The average Bonchev–Trinajstić information content (AvgIpc) is 2.74. The van der Waals surface area contributed by atoms with Crippen molar-refractivity contribution in [2.45, 2.75) is 32.9 Å². The fourth-order valence-corrected chi connectivity index (χ4v) is 1.99. The molecule has 102 valence electrons. The van der Waals surface area contributed by atoms with E-state index in [9.17, 15) is 0 Å². The average molecular weight is 299 g/mol. The quantitative estimate of drug-likeness (QED) is 0.909. The molecule has 0 fully saturated rings. The highest BCUT2D eigenvalue weighted by Crippen LogP contribution is 2.25. The van der Waals surface area contributed by atoms with Gasteiger partial charge in [0, 0.05) is 24.0 Å². The second kappa shape index (κ2) is 5.49. The van der Waals surface area contributed by atoms with Gasteiger partial charge in [0.1, 0.15) is 5.69 Å². The van der Waals surface area contributed by atoms with Gasteiger partial charge in [-0.25, -0.2) is 9.97 Å². The van der Waals surface area contributed by atoms with Crippen LogP contribution < -0.4 is 5.32 Å². The molecule has 4 nitrogen and oxygen atoms in total. The number of nitrogens with one attached hydrogen (secondary N) is 2. The SMILES string of the molecule is CC(C)(C)NCc1cnc(-c2ncc(Cl)cc2Cl)[nH]1. The van der Waals surface area contributed by atoms with E-state index in [-0.39, 0.29) is 5.54 Å². The van der Waals surface area contributed by atoms with E-state index >= 15 is 0 Å². The highest BCUT2D eigenvalue weighted by molar-refractivity contribution is 6.35. The highest BCUT2D eigenvalue weighted by Gasteiger charge is 2.12. The van der Waals surface area contributed by atoms with Crippen LogP contribution in [0.25, 0.3) is 11.5 Å². The number of hydrogen-bond donors (Lipinski definition) is 2. The van der Waals surface area contributed by atoms with Crippen LogP contribution in [0.5, 0.6) is 0 Å². The molecule has 0 aliphatic heterocycles. The van der Waals surface area contributed by atoms with Gasteiger partial charge in [0.05, 0.1) is 16.2 Å². The molecule has 0 saturated heterocycles. The standard InChI is InChI=1S/C13H16Cl2N4/c1-13(2,3)18-7-9-6-17-12(19-9)11-10(15)4-8(14)5-16-11/h4-6,18H,7H2,1-3H3,(H,17,19). The van der Waals surface area contributed by atoms with Gasteiger partial charge in [-0.1, -0.05) is 23.2 Å². The summed E-state index contributed by atoms with van der Waals surface area (Å²) in [6, 6.07) is 1.65. The lowest BCUT2D eigenvalue weighted by Crippen LogP contribution is -2.35. The number of aromatic amines is 1. The third-order valence-corrected chi connectivity index (χ3v) is 2.96. The second-order valence-corrected chi connectivity index (χ2v) is 6.19. The number of imidazole rings is 1. The van der Waals surface area contributed by atoms with Crippen molar-refractivity contribution < 1.29 is 0 Å². The van der Waals surface area contributed by atoms with Crippen LogP contribution in [0.3, 0.4) is 0 Å². The van der Waals surface area contributed by atoms with Gasteiger partial charge in [0.25, 0.3) is 0 Å². The number of halogens is 2. The summed E-state index contributed by atoms with van der Waals surface area (Å²) in [4.78, 5) is 11.7. The first kappa shape index (κ1) is 14.3. The Labute approximate surface area is 122 Å². The highest BCUT2D eigenvalue weighted by atomic mass is 35.5. The zero-order valence-corrected chi connectivity index (χ0v) is 12.6. The molecule has 0 unspecified atom stereocenters. The maximum Gasteiger partial charge on any atom is 0.157 e. The Kier molecular flexibility index (Phi) is 4.13. The summed E-state index contributed by atoms with van der Waals surface area (Å²) in [5.41, 5.74) is 1.65. The van der Waals surface area contributed by atoms with Crippen LogP contribution in [-0.2, 0) is 6.54 Å². The molecule has 0 radical (unpaired) electrons. The van der Waals surface area contributed by atoms with E-state index in [0.717, 1.165) is 5.69 Å². The zero-order chi connectivity index (χ0) is 14.0. The Morgan fingerprint density at radius 2 is 1.95 bits per heavy atom. The van der Waals surface area contributed by atoms with Gasteiger partial charge < -0.3 is 10.3 Å². The molecule has 0 saturated carbocycles. The third kappa shape index (κ3) is 3.93. The Balaban J connectivity index is 2.16. The summed E-state index contributed by atoms with van der Waals surface area (Å²) < 4.78 is 0. The van der Waals surface area contributed by atoms with Crippen LogP contribution in [-0.4, -0.2) is 20.5 Å². The minimum atomic E-state index is 0.0570. The summed E-state index contributed by atoms with van der Waals surface area (Å²) in [5, 5.41) is 4.37. The lowest BCUT2D eigenvalue weighted by molar-refractivity contribution is 0.422. The molecule has 0 aliphatic rings. The van der Waals surface area contributed by atoms with Gasteiger partial charge in [-0.3, -0.25) is 0 Å². The lowest BCUT2D eigenvalue weighted by atomic mass is 10.1. The van der Waals surface area contributed by atoms with Gasteiger partial charge in [0.15, 0.2) is 5.82 Å². The van der Waals surface area contributed by atoms with E-state index in [1.54, 1.807) is 18.5 Å². The van der Waals surface area contributed by atoms with Crippen molar-refractivity contribution in [2.24, 2.45) is 0 Å². The minimum Gasteiger partial charge on any atom is -0.339 e. The first-order valence-electron chi connectivity index (χ1n) is 5.95. The maximum absolute atomic E-state index is 6.10. The molecule has 0 bridgehead atoms. The van der Waals surface area contributed by atoms with Crippen LogP contribution in [0, 0.1) is 0 Å². The summed E-state index contributed by atoms with van der Waals surface area (Å²) >= 11 is 11.9. The van der Waals surface area contributed by atoms with E-state index in [2.05, 4.69) is 41.0 Å². The molecule has 2 aromatic rings. The molecule has 0 spiro atoms. The molecular weight excluding hydrogens is 283 g/mol. The number of rotatable bonds is 3. The topological polar surface area (TPSA) is 53.6 Å². The van der Waals surface area contributed by atoms with Crippen LogP contribution in [0.2, 0.25) is 10.0 Å². The van der Waals surface area contributed by atoms with Crippen molar-refractivity contribution in [1.29, 1.82) is 0 Å². The molecule has 6 heteroatoms. The zero-order valence-electron chi connectivity index (χ0n) is 11.1. The number of pyridine rings is 1. The van der Waals surface area contributed by atoms with E-state index in [0.29, 0.717) is 28.1 Å². The molecule has 0 amide bonds. The van der Waals surface area contributed by atoms with Crippen molar-refractivity contribution in [3.05, 3.63) is 34.2 Å². The molecule has 2 aromatic heterocycles. The molecule has 2 N–H and O–H groups in total. The van der Waals surface area contributed by atoms with Crippen LogP contribution in [0.1, 0.15) is 26.5 Å². The van der Waals surface area contributed by atoms with Gasteiger partial charge in [0.2, 0.25) is 0 Å². The van der Waals surface area contributed by atoms with Gasteiger partial charge >= 0.3 is 0 Å². The molecule has 2 heterocycles. The molecule has 19 heavy (non-hydrogen) atoms. The van der Waals surface area contributed by atoms with Crippen molar-refractivity contribution in [2.75, 3.05) is 0 Å². The summed E-state index contributed by atoms with van der Waals surface area (Å²) in [6.45, 7) is 7.05. The number of hydrogen-bond acceptors (Lipinski definition) is 3. The molecule has 2 rings (SSSR count). The smallest absolute Gasteiger partial charge is 0.157 e. The van der Waals surface area contributed by atoms with E-state index < -0.39 is 0 Å². The molecule has 0 aliphatic carbocycles. The predicted octanol–water partition coefficient (Wildman–Crippen LogP) is 3.67. The number of H-pyrrole nitrogens is 1. The third-order valence-electron chi connectivity index (χ3n) is 2.47.